The van der Waals surface area contributed by atoms with Crippen LogP contribution in [0, 0.1) is 11.8 Å². The molecule has 0 saturated heterocycles. The summed E-state index contributed by atoms with van der Waals surface area (Å²) in [5.74, 6) is -3.16. The number of ketones is 4. The van der Waals surface area contributed by atoms with E-state index >= 15 is 0 Å². The molecule has 2 heterocycles. The number of hydrogen-bond donors (Lipinski definition) is 0. The van der Waals surface area contributed by atoms with E-state index < -0.39 is 24.4 Å². The summed E-state index contributed by atoms with van der Waals surface area (Å²) in [4.78, 5) is 54.5. The highest BCUT2D eigenvalue weighted by atomic mass is 16.7. The molecule has 0 radical (unpaired) electrons. The van der Waals surface area contributed by atoms with Crippen molar-refractivity contribution in [1.82, 2.24) is 0 Å². The predicted octanol–water partition coefficient (Wildman–Crippen LogP) is 2.98. The second-order valence-corrected chi connectivity index (χ2v) is 9.07. The number of carbonyl (C=O) groups is 4. The van der Waals surface area contributed by atoms with E-state index in [0.29, 0.717) is 11.1 Å². The van der Waals surface area contributed by atoms with Crippen molar-refractivity contribution in [2.45, 2.75) is 12.6 Å². The fourth-order valence-electron chi connectivity index (χ4n) is 5.82. The molecule has 8 nitrogen and oxygen atoms in total. The third-order valence-electron chi connectivity index (χ3n) is 7.41. The van der Waals surface area contributed by atoms with Crippen molar-refractivity contribution in [1.29, 1.82) is 0 Å². The minimum absolute atomic E-state index is 0.115. The van der Waals surface area contributed by atoms with Crippen LogP contribution >= 0.6 is 0 Å². The number of benzene rings is 2. The van der Waals surface area contributed by atoms with Gasteiger partial charge in [0.15, 0.2) is 35.7 Å². The van der Waals surface area contributed by atoms with E-state index in [0.717, 1.165) is 0 Å². The average molecular weight is 486 g/mol. The largest absolute Gasteiger partial charge is 0.355 e. The van der Waals surface area contributed by atoms with Crippen molar-refractivity contribution in [3.63, 3.8) is 0 Å². The van der Waals surface area contributed by atoms with Crippen LogP contribution in [-0.4, -0.2) is 63.1 Å². The molecule has 4 atom stereocenters. The van der Waals surface area contributed by atoms with E-state index in [1.54, 1.807) is 48.5 Å². The molecular formula is C28H22O8. The first-order chi connectivity index (χ1) is 17.5. The van der Waals surface area contributed by atoms with Crippen LogP contribution in [0.3, 0.4) is 0 Å². The summed E-state index contributed by atoms with van der Waals surface area (Å²) in [7, 11) is 2.85. The van der Waals surface area contributed by atoms with Crippen LogP contribution in [0.15, 0.2) is 70.8 Å². The molecule has 0 unspecified atom stereocenters. The summed E-state index contributed by atoms with van der Waals surface area (Å²) in [6.07, 6.45) is -1.96. The number of carbonyl (C=O) groups excluding carboxylic acids is 4. The van der Waals surface area contributed by atoms with Crippen LogP contribution in [0.25, 0.3) is 0 Å². The van der Waals surface area contributed by atoms with Gasteiger partial charge < -0.3 is 18.9 Å². The molecule has 36 heavy (non-hydrogen) atoms. The number of ether oxygens (including phenoxy) is 4. The number of Topliss-reactive ketones (excluding diaryl/α,β-unsaturated/α-hetero) is 4. The Morgan fingerprint density at radius 1 is 0.583 bits per heavy atom. The summed E-state index contributed by atoms with van der Waals surface area (Å²) < 4.78 is 23.1. The lowest BCUT2D eigenvalue weighted by atomic mass is 9.67. The van der Waals surface area contributed by atoms with Crippen LogP contribution in [0.1, 0.15) is 41.4 Å². The standard InChI is InChI=1S/C28H22O8/c1-33-27-21(19-17(11-35-27)23(29)13-7-3-5-9-15(13)25(19)31)22-20-18(12-36-28(22)34-2)24(30)14-8-4-6-10-16(14)26(20)32/h3-10,21-22,27-28H,11-12H2,1-2H3/t21-,22-,27+,28+/m1/s1. The summed E-state index contributed by atoms with van der Waals surface area (Å²) in [5.41, 5.74) is 2.02. The number of rotatable bonds is 3. The fraction of sp³-hybridized carbons (Fsp3) is 0.286. The van der Waals surface area contributed by atoms with Crippen molar-refractivity contribution in [2.75, 3.05) is 27.4 Å². The maximum atomic E-state index is 13.8. The zero-order valence-corrected chi connectivity index (χ0v) is 19.6. The number of methoxy groups -OCH3 is 2. The molecule has 2 aromatic carbocycles. The molecular weight excluding hydrogens is 464 g/mol. The molecule has 6 rings (SSSR count). The van der Waals surface area contributed by atoms with Crippen LogP contribution < -0.4 is 0 Å². The molecule has 8 heteroatoms. The highest BCUT2D eigenvalue weighted by Crippen LogP contribution is 2.48. The van der Waals surface area contributed by atoms with Gasteiger partial charge in [-0.25, -0.2) is 0 Å². The van der Waals surface area contributed by atoms with E-state index in [-0.39, 0.29) is 69.8 Å². The van der Waals surface area contributed by atoms with Crippen molar-refractivity contribution in [3.8, 4) is 0 Å². The first-order valence-corrected chi connectivity index (χ1v) is 11.6. The second kappa shape index (κ2) is 8.53. The lowest BCUT2D eigenvalue weighted by molar-refractivity contribution is -0.204. The molecule has 2 aliphatic heterocycles. The van der Waals surface area contributed by atoms with Crippen LogP contribution in [0.4, 0.5) is 0 Å². The normalized spacial score (nSPS) is 27.5. The molecule has 0 bridgehead atoms. The van der Waals surface area contributed by atoms with Crippen molar-refractivity contribution in [2.24, 2.45) is 11.8 Å². The molecule has 4 aliphatic rings. The van der Waals surface area contributed by atoms with E-state index in [1.807, 2.05) is 0 Å². The molecule has 2 aromatic rings. The van der Waals surface area contributed by atoms with Gasteiger partial charge in [0.1, 0.15) is 0 Å². The SMILES string of the molecule is CO[C@H]1OCC2=C(C(=O)c3ccccc3C2=O)[C@@H]1[C@H]1C2=C(CO[C@@H]1OC)C(=O)c1ccccc1C2=O. The lowest BCUT2D eigenvalue weighted by Gasteiger charge is -2.45. The van der Waals surface area contributed by atoms with Gasteiger partial charge in [0.25, 0.3) is 0 Å². The molecule has 0 aromatic heterocycles. The van der Waals surface area contributed by atoms with Crippen molar-refractivity contribution >= 4 is 23.1 Å². The van der Waals surface area contributed by atoms with E-state index in [1.165, 1.54) is 14.2 Å². The Hall–Kier alpha value is -3.56. The first kappa shape index (κ1) is 22.9. The maximum Gasteiger partial charge on any atom is 0.192 e. The van der Waals surface area contributed by atoms with Crippen molar-refractivity contribution in [3.05, 3.63) is 93.1 Å². The van der Waals surface area contributed by atoms with E-state index in [4.69, 9.17) is 18.9 Å². The van der Waals surface area contributed by atoms with Gasteiger partial charge in [0.05, 0.1) is 25.0 Å². The topological polar surface area (TPSA) is 105 Å². The second-order valence-electron chi connectivity index (χ2n) is 9.07. The Morgan fingerprint density at radius 3 is 1.25 bits per heavy atom. The third kappa shape index (κ3) is 3.09. The Balaban J connectivity index is 1.57. The Morgan fingerprint density at radius 2 is 0.917 bits per heavy atom. The predicted molar refractivity (Wildman–Crippen MR) is 125 cm³/mol. The van der Waals surface area contributed by atoms with Gasteiger partial charge in [-0.2, -0.15) is 0 Å². The molecule has 0 fully saturated rings. The Bertz CT molecular complexity index is 1310. The van der Waals surface area contributed by atoms with E-state index in [9.17, 15) is 19.2 Å². The third-order valence-corrected chi connectivity index (χ3v) is 7.41. The van der Waals surface area contributed by atoms with E-state index in [2.05, 4.69) is 0 Å². The highest BCUT2D eigenvalue weighted by molar-refractivity contribution is 6.29. The van der Waals surface area contributed by atoms with Gasteiger partial charge in [0, 0.05) is 58.8 Å². The highest BCUT2D eigenvalue weighted by Gasteiger charge is 2.53. The summed E-state index contributed by atoms with van der Waals surface area (Å²) in [5, 5.41) is 0. The van der Waals surface area contributed by atoms with Crippen LogP contribution in [-0.2, 0) is 18.9 Å². The molecule has 0 N–H and O–H groups in total. The van der Waals surface area contributed by atoms with Crippen molar-refractivity contribution < 1.29 is 38.1 Å². The zero-order valence-electron chi connectivity index (χ0n) is 19.6. The quantitative estimate of drug-likeness (QED) is 0.652. The minimum atomic E-state index is -0.982. The molecule has 0 spiro atoms. The molecule has 0 amide bonds. The zero-order chi connectivity index (χ0) is 25.1. The first-order valence-electron chi connectivity index (χ1n) is 11.6. The average Bonchev–Trinajstić information content (AvgIpc) is 2.93. The summed E-state index contributed by atoms with van der Waals surface area (Å²) >= 11 is 0. The molecule has 182 valence electrons. The molecule has 2 aliphatic carbocycles. The Labute approximate surface area is 206 Å². The monoisotopic (exact) mass is 486 g/mol. The lowest BCUT2D eigenvalue weighted by Crippen LogP contribution is -2.51. The van der Waals surface area contributed by atoms with Gasteiger partial charge in [-0.05, 0) is 0 Å². The molecule has 0 saturated carbocycles. The number of fused-ring (bicyclic) bond motifs is 2. The Kier molecular flexibility index (Phi) is 5.42. The van der Waals surface area contributed by atoms with Crippen LogP contribution in [0.5, 0.6) is 0 Å². The maximum absolute atomic E-state index is 13.8. The van der Waals surface area contributed by atoms with Crippen LogP contribution in [0.2, 0.25) is 0 Å². The summed E-state index contributed by atoms with van der Waals surface area (Å²) in [6, 6.07) is 13.2. The van der Waals surface area contributed by atoms with Gasteiger partial charge in [-0.15, -0.1) is 0 Å². The van der Waals surface area contributed by atoms with Gasteiger partial charge >= 0.3 is 0 Å². The fourth-order valence-corrected chi connectivity index (χ4v) is 5.82. The smallest absolute Gasteiger partial charge is 0.192 e. The van der Waals surface area contributed by atoms with Gasteiger partial charge in [0.2, 0.25) is 0 Å². The van der Waals surface area contributed by atoms with Gasteiger partial charge in [-0.3, -0.25) is 19.2 Å². The number of hydrogen-bond acceptors (Lipinski definition) is 8. The van der Waals surface area contributed by atoms with Gasteiger partial charge in [-0.1, -0.05) is 48.5 Å². The minimum Gasteiger partial charge on any atom is -0.355 e. The summed E-state index contributed by atoms with van der Waals surface area (Å²) in [6.45, 7) is -0.230.